The van der Waals surface area contributed by atoms with E-state index in [2.05, 4.69) is 9.88 Å². The lowest BCUT2D eigenvalue weighted by Gasteiger charge is -2.37. The monoisotopic (exact) mass is 262 g/mol. The topological polar surface area (TPSA) is 33.2 Å². The minimum Gasteiger partial charge on any atom is -0.292 e. The zero-order valence-electron chi connectivity index (χ0n) is 11.1. The Hall–Kier alpha value is -1.29. The molecule has 102 valence electrons. The highest BCUT2D eigenvalue weighted by molar-refractivity contribution is 6.03. The molecule has 1 saturated carbocycles. The standard InChI is InChI=1S/C15H19FN2O/c16-13-9-12(10-17-11-13)14(19)15(5-1-2-6-15)18-7-3-4-8-18/h9-11H,1-8H2. The number of halogens is 1. The lowest BCUT2D eigenvalue weighted by molar-refractivity contribution is 0.0625. The number of ketones is 1. The first-order valence-electron chi connectivity index (χ1n) is 7.13. The number of likely N-dealkylation sites (tertiary alicyclic amines) is 1. The molecule has 0 aromatic carbocycles. The average molecular weight is 262 g/mol. The lowest BCUT2D eigenvalue weighted by atomic mass is 9.86. The number of pyridine rings is 1. The van der Waals surface area contributed by atoms with Gasteiger partial charge in [-0.05, 0) is 44.8 Å². The molecule has 3 rings (SSSR count). The molecule has 0 radical (unpaired) electrons. The van der Waals surface area contributed by atoms with Crippen LogP contribution in [0.1, 0.15) is 48.9 Å². The van der Waals surface area contributed by atoms with Crippen molar-refractivity contribution in [1.82, 2.24) is 9.88 Å². The maximum Gasteiger partial charge on any atom is 0.184 e. The van der Waals surface area contributed by atoms with Gasteiger partial charge in [-0.1, -0.05) is 12.8 Å². The fourth-order valence-corrected chi connectivity index (χ4v) is 3.60. The molecule has 0 atom stereocenters. The molecule has 1 aliphatic carbocycles. The van der Waals surface area contributed by atoms with Gasteiger partial charge >= 0.3 is 0 Å². The molecule has 2 aliphatic rings. The molecule has 1 saturated heterocycles. The summed E-state index contributed by atoms with van der Waals surface area (Å²) < 4.78 is 13.3. The molecule has 0 N–H and O–H groups in total. The van der Waals surface area contributed by atoms with Gasteiger partial charge in [0.15, 0.2) is 5.78 Å². The first-order valence-corrected chi connectivity index (χ1v) is 7.13. The van der Waals surface area contributed by atoms with Crippen molar-refractivity contribution in [3.05, 3.63) is 29.8 Å². The van der Waals surface area contributed by atoms with Crippen LogP contribution < -0.4 is 0 Å². The van der Waals surface area contributed by atoms with Crippen LogP contribution in [0.25, 0.3) is 0 Å². The molecule has 1 aromatic rings. The van der Waals surface area contributed by atoms with Crippen molar-refractivity contribution < 1.29 is 9.18 Å². The number of aromatic nitrogens is 1. The molecule has 1 aliphatic heterocycles. The van der Waals surface area contributed by atoms with Crippen LogP contribution in [-0.4, -0.2) is 34.3 Å². The Balaban J connectivity index is 1.93. The summed E-state index contributed by atoms with van der Waals surface area (Å²) in [6.07, 6.45) is 8.96. The van der Waals surface area contributed by atoms with Crippen molar-refractivity contribution >= 4 is 5.78 Å². The summed E-state index contributed by atoms with van der Waals surface area (Å²) in [5.41, 5.74) is 0.0419. The molecule has 2 fully saturated rings. The van der Waals surface area contributed by atoms with Crippen LogP contribution in [0.2, 0.25) is 0 Å². The van der Waals surface area contributed by atoms with Gasteiger partial charge < -0.3 is 0 Å². The summed E-state index contributed by atoms with van der Waals surface area (Å²) >= 11 is 0. The van der Waals surface area contributed by atoms with E-state index in [4.69, 9.17) is 0 Å². The second-order valence-corrected chi connectivity index (χ2v) is 5.65. The maximum absolute atomic E-state index is 13.3. The summed E-state index contributed by atoms with van der Waals surface area (Å²) in [6.45, 7) is 1.99. The second kappa shape index (κ2) is 5.00. The quantitative estimate of drug-likeness (QED) is 0.785. The smallest absolute Gasteiger partial charge is 0.184 e. The predicted octanol–water partition coefficient (Wildman–Crippen LogP) is 2.81. The van der Waals surface area contributed by atoms with Crippen molar-refractivity contribution in [3.8, 4) is 0 Å². The summed E-state index contributed by atoms with van der Waals surface area (Å²) in [4.78, 5) is 19.0. The Morgan fingerprint density at radius 1 is 1.16 bits per heavy atom. The van der Waals surface area contributed by atoms with Crippen LogP contribution in [0.5, 0.6) is 0 Å². The van der Waals surface area contributed by atoms with E-state index in [1.165, 1.54) is 12.3 Å². The second-order valence-electron chi connectivity index (χ2n) is 5.65. The third kappa shape index (κ3) is 2.18. The van der Waals surface area contributed by atoms with Gasteiger partial charge in [0.25, 0.3) is 0 Å². The number of hydrogen-bond donors (Lipinski definition) is 0. The first kappa shape index (κ1) is 12.7. The van der Waals surface area contributed by atoms with Crippen LogP contribution in [0, 0.1) is 5.82 Å². The minimum atomic E-state index is -0.430. The average Bonchev–Trinajstić information content (AvgIpc) is 3.09. The normalized spacial score (nSPS) is 22.8. The summed E-state index contributed by atoms with van der Waals surface area (Å²) in [6, 6.07) is 1.32. The molecule has 1 aromatic heterocycles. The van der Waals surface area contributed by atoms with E-state index in [1.54, 1.807) is 0 Å². The van der Waals surface area contributed by atoms with Crippen LogP contribution in [0.4, 0.5) is 4.39 Å². The Bertz CT molecular complexity index is 477. The first-order chi connectivity index (χ1) is 9.22. The van der Waals surface area contributed by atoms with Crippen molar-refractivity contribution in [2.24, 2.45) is 0 Å². The van der Waals surface area contributed by atoms with Crippen molar-refractivity contribution in [1.29, 1.82) is 0 Å². The van der Waals surface area contributed by atoms with Gasteiger partial charge in [-0.15, -0.1) is 0 Å². The molecule has 4 heteroatoms. The zero-order chi connectivity index (χ0) is 13.3. The van der Waals surface area contributed by atoms with Crippen LogP contribution in [0.3, 0.4) is 0 Å². The van der Waals surface area contributed by atoms with Crippen LogP contribution in [-0.2, 0) is 0 Å². The Morgan fingerprint density at radius 2 is 1.84 bits per heavy atom. The van der Waals surface area contributed by atoms with E-state index in [0.29, 0.717) is 5.56 Å². The minimum absolute atomic E-state index is 0.0684. The fraction of sp³-hybridized carbons (Fsp3) is 0.600. The lowest BCUT2D eigenvalue weighted by Crippen LogP contribution is -2.51. The highest BCUT2D eigenvalue weighted by atomic mass is 19.1. The van der Waals surface area contributed by atoms with E-state index >= 15 is 0 Å². The molecule has 2 heterocycles. The van der Waals surface area contributed by atoms with Gasteiger partial charge in [0.2, 0.25) is 0 Å². The highest BCUT2D eigenvalue weighted by Crippen LogP contribution is 2.39. The zero-order valence-corrected chi connectivity index (χ0v) is 11.1. The molecule has 19 heavy (non-hydrogen) atoms. The summed E-state index contributed by atoms with van der Waals surface area (Å²) in [5.74, 6) is -0.362. The molecule has 3 nitrogen and oxygen atoms in total. The molecule has 0 unspecified atom stereocenters. The van der Waals surface area contributed by atoms with Gasteiger partial charge in [0, 0.05) is 11.8 Å². The molecule has 0 spiro atoms. The van der Waals surface area contributed by atoms with E-state index in [-0.39, 0.29) is 11.3 Å². The van der Waals surface area contributed by atoms with Crippen molar-refractivity contribution in [3.63, 3.8) is 0 Å². The number of Topliss-reactive ketones (excluding diaryl/α,β-unsaturated/α-hetero) is 1. The van der Waals surface area contributed by atoms with E-state index in [9.17, 15) is 9.18 Å². The molecular formula is C15H19FN2O. The predicted molar refractivity (Wildman–Crippen MR) is 70.5 cm³/mol. The Kier molecular flexibility index (Phi) is 3.35. The van der Waals surface area contributed by atoms with Gasteiger partial charge in [-0.25, -0.2) is 4.39 Å². The largest absolute Gasteiger partial charge is 0.292 e. The molecular weight excluding hydrogens is 243 g/mol. The number of carbonyl (C=O) groups is 1. The molecule has 0 bridgehead atoms. The summed E-state index contributed by atoms with van der Waals surface area (Å²) in [7, 11) is 0. The maximum atomic E-state index is 13.3. The number of rotatable bonds is 3. The fourth-order valence-electron chi connectivity index (χ4n) is 3.60. The van der Waals surface area contributed by atoms with E-state index in [1.807, 2.05) is 0 Å². The number of nitrogens with zero attached hydrogens (tertiary/aromatic N) is 2. The Morgan fingerprint density at radius 3 is 2.47 bits per heavy atom. The van der Waals surface area contributed by atoms with E-state index < -0.39 is 5.82 Å². The van der Waals surface area contributed by atoms with Gasteiger partial charge in [-0.3, -0.25) is 14.7 Å². The van der Waals surface area contributed by atoms with Crippen LogP contribution in [0.15, 0.2) is 18.5 Å². The van der Waals surface area contributed by atoms with E-state index in [0.717, 1.165) is 57.8 Å². The van der Waals surface area contributed by atoms with Gasteiger partial charge in [0.05, 0.1) is 11.7 Å². The molecule has 0 amide bonds. The van der Waals surface area contributed by atoms with Gasteiger partial charge in [0.1, 0.15) is 5.82 Å². The van der Waals surface area contributed by atoms with Gasteiger partial charge in [-0.2, -0.15) is 0 Å². The number of carbonyl (C=O) groups excluding carboxylic acids is 1. The third-order valence-corrected chi connectivity index (χ3v) is 4.53. The Labute approximate surface area is 112 Å². The SMILES string of the molecule is O=C(c1cncc(F)c1)C1(N2CCCC2)CCCC1. The highest BCUT2D eigenvalue weighted by Gasteiger charge is 2.46. The van der Waals surface area contributed by atoms with Crippen molar-refractivity contribution in [2.75, 3.05) is 13.1 Å². The van der Waals surface area contributed by atoms with Crippen LogP contribution >= 0.6 is 0 Å². The third-order valence-electron chi connectivity index (χ3n) is 4.53. The number of hydrogen-bond acceptors (Lipinski definition) is 3. The summed E-state index contributed by atoms with van der Waals surface area (Å²) in [5, 5.41) is 0. The van der Waals surface area contributed by atoms with Crippen molar-refractivity contribution in [2.45, 2.75) is 44.1 Å².